The summed E-state index contributed by atoms with van der Waals surface area (Å²) in [4.78, 5) is 12.4. The molecule has 1 aromatic rings. The number of piperidine rings is 1. The third-order valence-electron chi connectivity index (χ3n) is 4.20. The number of anilines is 1. The van der Waals surface area contributed by atoms with Crippen molar-refractivity contribution < 1.29 is 4.79 Å². The highest BCUT2D eigenvalue weighted by Crippen LogP contribution is 2.22. The van der Waals surface area contributed by atoms with Gasteiger partial charge in [-0.25, -0.2) is 0 Å². The van der Waals surface area contributed by atoms with Gasteiger partial charge in [0, 0.05) is 5.69 Å². The molecule has 110 valence electrons. The molecular formula is C17H26N2O. The van der Waals surface area contributed by atoms with Crippen molar-refractivity contribution in [3.05, 3.63) is 29.8 Å². The van der Waals surface area contributed by atoms with Crippen LogP contribution in [-0.2, 0) is 11.2 Å². The van der Waals surface area contributed by atoms with Crippen molar-refractivity contribution in [2.45, 2.75) is 52.0 Å². The van der Waals surface area contributed by atoms with Gasteiger partial charge >= 0.3 is 0 Å². The lowest BCUT2D eigenvalue weighted by molar-refractivity contribution is -0.119. The maximum Gasteiger partial charge on any atom is 0.241 e. The van der Waals surface area contributed by atoms with Crippen LogP contribution in [0.2, 0.25) is 0 Å². The van der Waals surface area contributed by atoms with Crippen LogP contribution in [0.1, 0.15) is 45.1 Å². The molecule has 2 N–H and O–H groups in total. The number of carbonyl (C=O) groups is 1. The Labute approximate surface area is 122 Å². The minimum atomic E-state index is -0.0385. The van der Waals surface area contributed by atoms with Gasteiger partial charge in [-0.3, -0.25) is 4.79 Å². The standard InChI is InChI=1S/C17H26N2O/c1-3-7-14-8-5-6-9-15(14)19-17(20)16-12-13(4-2)10-11-18-16/h5-6,8-9,13,16,18H,3-4,7,10-12H2,1-2H3,(H,19,20). The Morgan fingerprint density at radius 2 is 2.15 bits per heavy atom. The van der Waals surface area contributed by atoms with Gasteiger partial charge in [-0.05, 0) is 43.4 Å². The van der Waals surface area contributed by atoms with Crippen molar-refractivity contribution >= 4 is 11.6 Å². The lowest BCUT2D eigenvalue weighted by atomic mass is 9.90. The van der Waals surface area contributed by atoms with E-state index in [2.05, 4.69) is 30.5 Å². The average Bonchev–Trinajstić information content (AvgIpc) is 2.49. The van der Waals surface area contributed by atoms with Crippen molar-refractivity contribution in [1.82, 2.24) is 5.32 Å². The van der Waals surface area contributed by atoms with Crippen LogP contribution >= 0.6 is 0 Å². The van der Waals surface area contributed by atoms with Crippen LogP contribution in [0.5, 0.6) is 0 Å². The van der Waals surface area contributed by atoms with Gasteiger partial charge in [0.2, 0.25) is 5.91 Å². The molecule has 1 fully saturated rings. The summed E-state index contributed by atoms with van der Waals surface area (Å²) in [5.41, 5.74) is 2.20. The molecule has 1 saturated heterocycles. The normalized spacial score (nSPS) is 22.5. The highest BCUT2D eigenvalue weighted by atomic mass is 16.2. The number of carbonyl (C=O) groups excluding carboxylic acids is 1. The lowest BCUT2D eigenvalue weighted by Crippen LogP contribution is -2.46. The quantitative estimate of drug-likeness (QED) is 0.864. The number of para-hydroxylation sites is 1. The molecule has 1 amide bonds. The largest absolute Gasteiger partial charge is 0.324 e. The monoisotopic (exact) mass is 274 g/mol. The molecule has 1 aliphatic rings. The van der Waals surface area contributed by atoms with Gasteiger partial charge in [0.15, 0.2) is 0 Å². The number of hydrogen-bond donors (Lipinski definition) is 2. The van der Waals surface area contributed by atoms with E-state index in [0.29, 0.717) is 5.92 Å². The Hall–Kier alpha value is -1.35. The number of rotatable bonds is 5. The minimum absolute atomic E-state index is 0.0385. The van der Waals surface area contributed by atoms with E-state index in [1.807, 2.05) is 18.2 Å². The van der Waals surface area contributed by atoms with Gasteiger partial charge in [-0.2, -0.15) is 0 Å². The number of hydrogen-bond acceptors (Lipinski definition) is 2. The molecule has 2 rings (SSSR count). The first-order valence-electron chi connectivity index (χ1n) is 7.86. The summed E-state index contributed by atoms with van der Waals surface area (Å²) < 4.78 is 0. The fourth-order valence-electron chi connectivity index (χ4n) is 2.92. The molecule has 0 radical (unpaired) electrons. The summed E-state index contributed by atoms with van der Waals surface area (Å²) in [5.74, 6) is 0.796. The zero-order valence-electron chi connectivity index (χ0n) is 12.6. The summed E-state index contributed by atoms with van der Waals surface area (Å²) >= 11 is 0. The van der Waals surface area contributed by atoms with Crippen LogP contribution < -0.4 is 10.6 Å². The van der Waals surface area contributed by atoms with Crippen LogP contribution in [-0.4, -0.2) is 18.5 Å². The molecule has 1 aliphatic heterocycles. The van der Waals surface area contributed by atoms with Crippen LogP contribution in [0, 0.1) is 5.92 Å². The van der Waals surface area contributed by atoms with E-state index in [1.54, 1.807) is 0 Å². The Balaban J connectivity index is 2.00. The fourth-order valence-corrected chi connectivity index (χ4v) is 2.92. The molecule has 0 aromatic heterocycles. The van der Waals surface area contributed by atoms with Gasteiger partial charge in [0.25, 0.3) is 0 Å². The second-order valence-corrected chi connectivity index (χ2v) is 5.70. The van der Waals surface area contributed by atoms with Gasteiger partial charge < -0.3 is 10.6 Å². The summed E-state index contributed by atoms with van der Waals surface area (Å²) in [5, 5.41) is 6.45. The predicted molar refractivity (Wildman–Crippen MR) is 83.9 cm³/mol. The van der Waals surface area contributed by atoms with Crippen LogP contribution in [0.15, 0.2) is 24.3 Å². The number of nitrogens with one attached hydrogen (secondary N) is 2. The Kier molecular flexibility index (Phi) is 5.60. The van der Waals surface area contributed by atoms with E-state index in [0.717, 1.165) is 37.9 Å². The van der Waals surface area contributed by atoms with Crippen LogP contribution in [0.25, 0.3) is 0 Å². The third-order valence-corrected chi connectivity index (χ3v) is 4.20. The second-order valence-electron chi connectivity index (χ2n) is 5.70. The van der Waals surface area contributed by atoms with Crippen LogP contribution in [0.4, 0.5) is 5.69 Å². The van der Waals surface area contributed by atoms with Gasteiger partial charge in [0.05, 0.1) is 6.04 Å². The summed E-state index contributed by atoms with van der Waals surface area (Å²) in [6.07, 6.45) is 5.40. The molecule has 0 saturated carbocycles. The summed E-state index contributed by atoms with van der Waals surface area (Å²) in [6.45, 7) is 5.32. The highest BCUT2D eigenvalue weighted by molar-refractivity contribution is 5.95. The topological polar surface area (TPSA) is 41.1 Å². The number of amides is 1. The predicted octanol–water partition coefficient (Wildman–Crippen LogP) is 3.36. The second kappa shape index (κ2) is 7.44. The Morgan fingerprint density at radius 3 is 2.90 bits per heavy atom. The Morgan fingerprint density at radius 1 is 1.35 bits per heavy atom. The molecule has 1 heterocycles. The zero-order chi connectivity index (χ0) is 14.4. The first-order chi connectivity index (χ1) is 9.74. The molecule has 3 nitrogen and oxygen atoms in total. The van der Waals surface area contributed by atoms with Crippen molar-refractivity contribution in [1.29, 1.82) is 0 Å². The summed E-state index contributed by atoms with van der Waals surface area (Å²) in [7, 11) is 0. The number of benzene rings is 1. The SMILES string of the molecule is CCCc1ccccc1NC(=O)C1CC(CC)CCN1. The van der Waals surface area contributed by atoms with Crippen LogP contribution in [0.3, 0.4) is 0 Å². The maximum absolute atomic E-state index is 12.4. The first-order valence-corrected chi connectivity index (χ1v) is 7.86. The van der Waals surface area contributed by atoms with Crippen molar-refractivity contribution in [3.8, 4) is 0 Å². The molecular weight excluding hydrogens is 248 g/mol. The smallest absolute Gasteiger partial charge is 0.241 e. The minimum Gasteiger partial charge on any atom is -0.324 e. The molecule has 2 atom stereocenters. The van der Waals surface area contributed by atoms with E-state index in [4.69, 9.17) is 0 Å². The van der Waals surface area contributed by atoms with Gasteiger partial charge in [-0.1, -0.05) is 44.9 Å². The van der Waals surface area contributed by atoms with Gasteiger partial charge in [-0.15, -0.1) is 0 Å². The summed E-state index contributed by atoms with van der Waals surface area (Å²) in [6, 6.07) is 8.08. The lowest BCUT2D eigenvalue weighted by Gasteiger charge is -2.29. The van der Waals surface area contributed by atoms with E-state index in [-0.39, 0.29) is 11.9 Å². The third kappa shape index (κ3) is 3.83. The van der Waals surface area contributed by atoms with E-state index in [1.165, 1.54) is 12.0 Å². The highest BCUT2D eigenvalue weighted by Gasteiger charge is 2.26. The Bertz CT molecular complexity index is 444. The van der Waals surface area contributed by atoms with E-state index < -0.39 is 0 Å². The van der Waals surface area contributed by atoms with Gasteiger partial charge in [0.1, 0.15) is 0 Å². The zero-order valence-corrected chi connectivity index (χ0v) is 12.6. The van der Waals surface area contributed by atoms with E-state index in [9.17, 15) is 4.79 Å². The molecule has 0 spiro atoms. The molecule has 20 heavy (non-hydrogen) atoms. The fraction of sp³-hybridized carbons (Fsp3) is 0.588. The molecule has 0 bridgehead atoms. The molecule has 3 heteroatoms. The maximum atomic E-state index is 12.4. The average molecular weight is 274 g/mol. The first kappa shape index (κ1) is 15.0. The van der Waals surface area contributed by atoms with E-state index >= 15 is 0 Å². The molecule has 0 aliphatic carbocycles. The van der Waals surface area contributed by atoms with Crippen molar-refractivity contribution in [2.75, 3.05) is 11.9 Å². The molecule has 1 aromatic carbocycles. The number of aryl methyl sites for hydroxylation is 1. The van der Waals surface area contributed by atoms with Crippen molar-refractivity contribution in [2.24, 2.45) is 5.92 Å². The molecule has 2 unspecified atom stereocenters. The van der Waals surface area contributed by atoms with Crippen molar-refractivity contribution in [3.63, 3.8) is 0 Å².